The first-order valence-electron chi connectivity index (χ1n) is 9.19. The molecule has 1 aliphatic heterocycles. The third kappa shape index (κ3) is 4.90. The molecular formula is C20H22ClFN6. The van der Waals surface area contributed by atoms with Crippen LogP contribution in [0.15, 0.2) is 41.5 Å². The molecule has 0 radical (unpaired) electrons. The molecule has 2 N–H and O–H groups in total. The van der Waals surface area contributed by atoms with Gasteiger partial charge in [0.1, 0.15) is 11.6 Å². The van der Waals surface area contributed by atoms with E-state index in [0.717, 1.165) is 25.3 Å². The van der Waals surface area contributed by atoms with E-state index in [4.69, 9.17) is 16.9 Å². The maximum absolute atomic E-state index is 14.1. The molecule has 1 aliphatic rings. The predicted octanol–water partition coefficient (Wildman–Crippen LogP) is 3.08. The zero-order chi connectivity index (χ0) is 19.9. The van der Waals surface area contributed by atoms with Gasteiger partial charge in [0.05, 0.1) is 23.2 Å². The van der Waals surface area contributed by atoms with Crippen LogP contribution in [0.5, 0.6) is 0 Å². The number of pyridine rings is 1. The molecule has 1 fully saturated rings. The lowest BCUT2D eigenvalue weighted by Gasteiger charge is -2.20. The van der Waals surface area contributed by atoms with E-state index in [1.54, 1.807) is 18.3 Å². The van der Waals surface area contributed by atoms with E-state index < -0.39 is 5.82 Å². The van der Waals surface area contributed by atoms with Crippen LogP contribution in [0, 0.1) is 17.1 Å². The van der Waals surface area contributed by atoms with Gasteiger partial charge >= 0.3 is 0 Å². The Morgan fingerprint density at radius 2 is 2.32 bits per heavy atom. The molecule has 3 rings (SSSR count). The smallest absolute Gasteiger partial charge is 0.191 e. The van der Waals surface area contributed by atoms with Crippen LogP contribution in [0.1, 0.15) is 24.5 Å². The Balaban J connectivity index is 1.64. The summed E-state index contributed by atoms with van der Waals surface area (Å²) >= 11 is 6.25. The molecule has 0 spiro atoms. The first kappa shape index (κ1) is 19.9. The number of anilines is 1. The van der Waals surface area contributed by atoms with E-state index in [1.807, 2.05) is 25.1 Å². The van der Waals surface area contributed by atoms with Crippen LogP contribution >= 0.6 is 11.6 Å². The van der Waals surface area contributed by atoms with Crippen molar-refractivity contribution in [3.05, 3.63) is 58.5 Å². The molecular weight excluding hydrogens is 379 g/mol. The summed E-state index contributed by atoms with van der Waals surface area (Å²) in [6.45, 7) is 4.47. The van der Waals surface area contributed by atoms with E-state index in [9.17, 15) is 4.39 Å². The molecule has 1 saturated heterocycles. The van der Waals surface area contributed by atoms with E-state index >= 15 is 0 Å². The molecule has 0 aliphatic carbocycles. The largest absolute Gasteiger partial charge is 0.357 e. The number of hydrogen-bond donors (Lipinski definition) is 2. The summed E-state index contributed by atoms with van der Waals surface area (Å²) in [5.41, 5.74) is 0.749. The van der Waals surface area contributed by atoms with Gasteiger partial charge in [-0.2, -0.15) is 5.26 Å². The van der Waals surface area contributed by atoms with Gasteiger partial charge < -0.3 is 15.5 Å². The van der Waals surface area contributed by atoms with Gasteiger partial charge in [0.2, 0.25) is 0 Å². The number of benzene rings is 1. The summed E-state index contributed by atoms with van der Waals surface area (Å²) in [6, 6.07) is 10.2. The van der Waals surface area contributed by atoms with Crippen molar-refractivity contribution < 1.29 is 4.39 Å². The van der Waals surface area contributed by atoms with Gasteiger partial charge in [-0.1, -0.05) is 17.7 Å². The molecule has 146 valence electrons. The molecule has 0 bridgehead atoms. The standard InChI is InChI=1S/C20H22ClFN6/c1-2-24-20(26-12-15-6-5-14(11-23)10-18(15)22)27-16-7-9-28(13-16)19-17(21)4-3-8-25-19/h3-6,8,10,16H,2,7,9,12-13H2,1H3,(H2,24,26,27). The lowest BCUT2D eigenvalue weighted by Crippen LogP contribution is -2.44. The highest BCUT2D eigenvalue weighted by atomic mass is 35.5. The highest BCUT2D eigenvalue weighted by Gasteiger charge is 2.25. The van der Waals surface area contributed by atoms with Crippen LogP contribution in [0.3, 0.4) is 0 Å². The molecule has 0 saturated carbocycles. The van der Waals surface area contributed by atoms with Crippen LogP contribution in [-0.2, 0) is 6.54 Å². The van der Waals surface area contributed by atoms with Gasteiger partial charge in [-0.25, -0.2) is 14.4 Å². The second-order valence-electron chi connectivity index (χ2n) is 6.50. The van der Waals surface area contributed by atoms with E-state index in [1.165, 1.54) is 6.07 Å². The molecule has 2 heterocycles. The van der Waals surface area contributed by atoms with Crippen molar-refractivity contribution in [2.45, 2.75) is 25.9 Å². The Bertz CT molecular complexity index is 895. The maximum Gasteiger partial charge on any atom is 0.191 e. The number of nitrogens with zero attached hydrogens (tertiary/aromatic N) is 4. The summed E-state index contributed by atoms with van der Waals surface area (Å²) in [4.78, 5) is 11.0. The van der Waals surface area contributed by atoms with Crippen molar-refractivity contribution in [3.63, 3.8) is 0 Å². The van der Waals surface area contributed by atoms with E-state index in [-0.39, 0.29) is 12.6 Å². The minimum Gasteiger partial charge on any atom is -0.357 e. The first-order valence-corrected chi connectivity index (χ1v) is 9.57. The third-order valence-corrected chi connectivity index (χ3v) is 4.80. The molecule has 8 heteroatoms. The molecule has 1 aromatic heterocycles. The summed E-state index contributed by atoms with van der Waals surface area (Å²) in [5.74, 6) is 0.996. The third-order valence-electron chi connectivity index (χ3n) is 4.50. The van der Waals surface area contributed by atoms with Gasteiger partial charge in [-0.05, 0) is 37.6 Å². The number of nitriles is 1. The van der Waals surface area contributed by atoms with Gasteiger partial charge in [-0.3, -0.25) is 0 Å². The van der Waals surface area contributed by atoms with Crippen molar-refractivity contribution in [1.29, 1.82) is 5.26 Å². The van der Waals surface area contributed by atoms with E-state index in [0.29, 0.717) is 28.7 Å². The molecule has 1 atom stereocenters. The van der Waals surface area contributed by atoms with Crippen molar-refractivity contribution in [3.8, 4) is 6.07 Å². The van der Waals surface area contributed by atoms with Crippen LogP contribution in [0.4, 0.5) is 10.2 Å². The van der Waals surface area contributed by atoms with Crippen molar-refractivity contribution >= 4 is 23.4 Å². The molecule has 0 amide bonds. The van der Waals surface area contributed by atoms with Gasteiger partial charge in [0.25, 0.3) is 0 Å². The van der Waals surface area contributed by atoms with Crippen LogP contribution in [-0.4, -0.2) is 36.6 Å². The molecule has 2 aromatic rings. The predicted molar refractivity (Wildman–Crippen MR) is 109 cm³/mol. The summed E-state index contributed by atoms with van der Waals surface area (Å²) in [7, 11) is 0. The number of hydrogen-bond acceptors (Lipinski definition) is 4. The molecule has 1 aromatic carbocycles. The van der Waals surface area contributed by atoms with Gasteiger partial charge in [0, 0.05) is 37.4 Å². The maximum atomic E-state index is 14.1. The first-order chi connectivity index (χ1) is 13.6. The van der Waals surface area contributed by atoms with Crippen molar-refractivity contribution in [1.82, 2.24) is 15.6 Å². The molecule has 1 unspecified atom stereocenters. The SMILES string of the molecule is CCNC(=NCc1ccc(C#N)cc1F)NC1CCN(c2ncccc2Cl)C1. The Morgan fingerprint density at radius 3 is 3.04 bits per heavy atom. The Labute approximate surface area is 169 Å². The molecule has 6 nitrogen and oxygen atoms in total. The van der Waals surface area contributed by atoms with Gasteiger partial charge in [0.15, 0.2) is 5.96 Å². The number of aromatic nitrogens is 1. The Hall–Kier alpha value is -2.85. The van der Waals surface area contributed by atoms with Crippen LogP contribution < -0.4 is 15.5 Å². The number of aliphatic imine (C=N–C) groups is 1. The van der Waals surface area contributed by atoms with Crippen molar-refractivity contribution in [2.75, 3.05) is 24.5 Å². The quantitative estimate of drug-likeness (QED) is 0.595. The van der Waals surface area contributed by atoms with Crippen LogP contribution in [0.2, 0.25) is 5.02 Å². The Kier molecular flexibility index (Phi) is 6.66. The number of halogens is 2. The lowest BCUT2D eigenvalue weighted by atomic mass is 10.1. The van der Waals surface area contributed by atoms with Crippen LogP contribution in [0.25, 0.3) is 0 Å². The topological polar surface area (TPSA) is 76.3 Å². The Morgan fingerprint density at radius 1 is 1.46 bits per heavy atom. The average molecular weight is 401 g/mol. The van der Waals surface area contributed by atoms with Gasteiger partial charge in [-0.15, -0.1) is 0 Å². The zero-order valence-electron chi connectivity index (χ0n) is 15.6. The fourth-order valence-electron chi connectivity index (χ4n) is 3.10. The zero-order valence-corrected chi connectivity index (χ0v) is 16.4. The minimum absolute atomic E-state index is 0.182. The number of guanidine groups is 1. The normalized spacial score (nSPS) is 16.7. The fraction of sp³-hybridized carbons (Fsp3) is 0.350. The highest BCUT2D eigenvalue weighted by Crippen LogP contribution is 2.25. The van der Waals surface area contributed by atoms with Crippen molar-refractivity contribution in [2.24, 2.45) is 4.99 Å². The second kappa shape index (κ2) is 9.38. The number of nitrogens with one attached hydrogen (secondary N) is 2. The summed E-state index contributed by atoms with van der Waals surface area (Å²) < 4.78 is 14.1. The van der Waals surface area contributed by atoms with E-state index in [2.05, 4.69) is 25.5 Å². The molecule has 28 heavy (non-hydrogen) atoms. The summed E-state index contributed by atoms with van der Waals surface area (Å²) in [6.07, 6.45) is 2.65. The second-order valence-corrected chi connectivity index (χ2v) is 6.91. The monoisotopic (exact) mass is 400 g/mol. The number of rotatable bonds is 5. The fourth-order valence-corrected chi connectivity index (χ4v) is 3.34. The minimum atomic E-state index is -0.421. The summed E-state index contributed by atoms with van der Waals surface area (Å²) in [5, 5.41) is 16.1. The lowest BCUT2D eigenvalue weighted by molar-refractivity contribution is 0.608. The highest BCUT2D eigenvalue weighted by molar-refractivity contribution is 6.32. The average Bonchev–Trinajstić information content (AvgIpc) is 3.15.